The van der Waals surface area contributed by atoms with Crippen LogP contribution in [0.1, 0.15) is 52.4 Å². The van der Waals surface area contributed by atoms with Crippen LogP contribution in [0, 0.1) is 0 Å². The van der Waals surface area contributed by atoms with E-state index < -0.39 is 5.97 Å². The molecule has 0 spiro atoms. The summed E-state index contributed by atoms with van der Waals surface area (Å²) in [7, 11) is 0. The molecular weight excluding hydrogens is 168 g/mol. The van der Waals surface area contributed by atoms with E-state index in [0.717, 1.165) is 32.1 Å². The van der Waals surface area contributed by atoms with Crippen LogP contribution in [0.15, 0.2) is 0 Å². The minimum Gasteiger partial charge on any atom is -0.481 e. The molecule has 0 saturated heterocycles. The second kappa shape index (κ2) is 14.0. The molecule has 0 aromatic carbocycles. The number of hydrogen-bond donors (Lipinski definition) is 2. The number of carboxylic acid groups (broad SMARTS) is 1. The van der Waals surface area contributed by atoms with Crippen molar-refractivity contribution in [3.8, 4) is 0 Å². The van der Waals surface area contributed by atoms with Crippen molar-refractivity contribution in [2.75, 3.05) is 6.61 Å². The predicted molar refractivity (Wildman–Crippen MR) is 53.8 cm³/mol. The van der Waals surface area contributed by atoms with E-state index in [2.05, 4.69) is 13.8 Å². The normalized spacial score (nSPS) is 8.85. The number of aliphatic hydroxyl groups excluding tert-OH is 1. The van der Waals surface area contributed by atoms with E-state index in [4.69, 9.17) is 10.2 Å². The number of aliphatic hydroxyl groups is 1. The highest BCUT2D eigenvalue weighted by Gasteiger charge is 1.92. The van der Waals surface area contributed by atoms with Gasteiger partial charge in [0.25, 0.3) is 0 Å². The molecule has 0 amide bonds. The highest BCUT2D eigenvalue weighted by Crippen LogP contribution is 1.97. The summed E-state index contributed by atoms with van der Waals surface area (Å²) in [6, 6.07) is 0. The van der Waals surface area contributed by atoms with E-state index in [-0.39, 0.29) is 0 Å². The second-order valence-corrected chi connectivity index (χ2v) is 2.93. The first-order valence-corrected chi connectivity index (χ1v) is 5.01. The Kier molecular flexibility index (Phi) is 16.1. The smallest absolute Gasteiger partial charge is 0.303 e. The van der Waals surface area contributed by atoms with Gasteiger partial charge in [-0.3, -0.25) is 4.79 Å². The lowest BCUT2D eigenvalue weighted by Crippen LogP contribution is -1.92. The van der Waals surface area contributed by atoms with Gasteiger partial charge in [0.05, 0.1) is 0 Å². The fourth-order valence-corrected chi connectivity index (χ4v) is 0.684. The molecule has 0 heterocycles. The van der Waals surface area contributed by atoms with Crippen LogP contribution in [0.4, 0.5) is 0 Å². The van der Waals surface area contributed by atoms with Gasteiger partial charge in [-0.2, -0.15) is 0 Å². The summed E-state index contributed by atoms with van der Waals surface area (Å²) in [5.41, 5.74) is 0. The maximum Gasteiger partial charge on any atom is 0.303 e. The number of rotatable bonds is 6. The quantitative estimate of drug-likeness (QED) is 0.632. The van der Waals surface area contributed by atoms with Gasteiger partial charge in [-0.15, -0.1) is 0 Å². The molecule has 0 aliphatic carbocycles. The van der Waals surface area contributed by atoms with E-state index in [0.29, 0.717) is 13.0 Å². The Morgan fingerprint density at radius 2 is 1.62 bits per heavy atom. The molecule has 0 atom stereocenters. The molecule has 0 aliphatic rings. The maximum absolute atomic E-state index is 9.87. The molecule has 0 saturated carbocycles. The van der Waals surface area contributed by atoms with E-state index in [1.54, 1.807) is 0 Å². The van der Waals surface area contributed by atoms with Gasteiger partial charge in [0.1, 0.15) is 0 Å². The molecule has 2 N–H and O–H groups in total. The Morgan fingerprint density at radius 1 is 1.08 bits per heavy atom. The van der Waals surface area contributed by atoms with Crippen LogP contribution in [0.25, 0.3) is 0 Å². The fraction of sp³-hybridized carbons (Fsp3) is 0.900. The topological polar surface area (TPSA) is 57.5 Å². The van der Waals surface area contributed by atoms with Gasteiger partial charge in [0, 0.05) is 13.0 Å². The molecular formula is C10H22O3. The Hall–Kier alpha value is -0.570. The Balaban J connectivity index is 0. The van der Waals surface area contributed by atoms with Crippen LogP contribution < -0.4 is 0 Å². The zero-order chi connectivity index (χ0) is 10.5. The van der Waals surface area contributed by atoms with Crippen LogP contribution >= 0.6 is 0 Å². The van der Waals surface area contributed by atoms with Gasteiger partial charge in [0.15, 0.2) is 0 Å². The Morgan fingerprint density at radius 3 is 1.85 bits per heavy atom. The molecule has 0 unspecified atom stereocenters. The number of carboxylic acids is 1. The number of carbonyl (C=O) groups is 1. The average molecular weight is 190 g/mol. The van der Waals surface area contributed by atoms with Gasteiger partial charge >= 0.3 is 5.97 Å². The first-order chi connectivity index (χ1) is 6.18. The summed E-state index contributed by atoms with van der Waals surface area (Å²) < 4.78 is 0. The molecule has 0 aromatic rings. The molecule has 0 bridgehead atoms. The third-order valence-electron chi connectivity index (χ3n) is 1.51. The maximum atomic E-state index is 9.87. The molecule has 0 rings (SSSR count). The molecule has 80 valence electrons. The Bertz CT molecular complexity index is 100. The van der Waals surface area contributed by atoms with Crippen LogP contribution in [0.3, 0.4) is 0 Å². The summed E-state index contributed by atoms with van der Waals surface area (Å²) in [4.78, 5) is 9.87. The molecule has 0 radical (unpaired) electrons. The molecule has 0 aromatic heterocycles. The zero-order valence-corrected chi connectivity index (χ0v) is 8.75. The lowest BCUT2D eigenvalue weighted by Gasteiger charge is -1.89. The van der Waals surface area contributed by atoms with Crippen LogP contribution in [0.2, 0.25) is 0 Å². The minimum atomic E-state index is -0.682. The van der Waals surface area contributed by atoms with Crippen LogP contribution in [0.5, 0.6) is 0 Å². The minimum absolute atomic E-state index is 0.327. The largest absolute Gasteiger partial charge is 0.481 e. The van der Waals surface area contributed by atoms with Crippen molar-refractivity contribution >= 4 is 5.97 Å². The van der Waals surface area contributed by atoms with Gasteiger partial charge in [-0.25, -0.2) is 0 Å². The van der Waals surface area contributed by atoms with Gasteiger partial charge < -0.3 is 10.2 Å². The fourth-order valence-electron chi connectivity index (χ4n) is 0.684. The van der Waals surface area contributed by atoms with E-state index in [9.17, 15) is 4.79 Å². The first-order valence-electron chi connectivity index (χ1n) is 5.01. The van der Waals surface area contributed by atoms with Crippen LogP contribution in [-0.4, -0.2) is 22.8 Å². The lowest BCUT2D eigenvalue weighted by molar-refractivity contribution is -0.137. The molecule has 3 heteroatoms. The molecule has 3 nitrogen and oxygen atoms in total. The van der Waals surface area contributed by atoms with Crippen molar-refractivity contribution in [3.63, 3.8) is 0 Å². The summed E-state index contributed by atoms with van der Waals surface area (Å²) in [6.45, 7) is 4.45. The van der Waals surface area contributed by atoms with Gasteiger partial charge in [-0.05, 0) is 12.8 Å². The zero-order valence-electron chi connectivity index (χ0n) is 8.75. The van der Waals surface area contributed by atoms with Crippen molar-refractivity contribution < 1.29 is 15.0 Å². The third-order valence-corrected chi connectivity index (χ3v) is 1.51. The molecule has 13 heavy (non-hydrogen) atoms. The molecule has 0 aliphatic heterocycles. The van der Waals surface area contributed by atoms with Gasteiger partial charge in [-0.1, -0.05) is 33.1 Å². The van der Waals surface area contributed by atoms with E-state index in [1.807, 2.05) is 0 Å². The van der Waals surface area contributed by atoms with E-state index in [1.165, 1.54) is 0 Å². The van der Waals surface area contributed by atoms with E-state index >= 15 is 0 Å². The summed E-state index contributed by atoms with van der Waals surface area (Å²) in [6.07, 6.45) is 5.32. The highest BCUT2D eigenvalue weighted by atomic mass is 16.4. The lowest BCUT2D eigenvalue weighted by atomic mass is 10.2. The number of aliphatic carboxylic acids is 1. The monoisotopic (exact) mass is 190 g/mol. The number of hydrogen-bond acceptors (Lipinski definition) is 2. The van der Waals surface area contributed by atoms with Crippen molar-refractivity contribution in [1.82, 2.24) is 0 Å². The summed E-state index contributed by atoms with van der Waals surface area (Å²) in [5.74, 6) is -0.682. The summed E-state index contributed by atoms with van der Waals surface area (Å²) >= 11 is 0. The average Bonchev–Trinajstić information content (AvgIpc) is 2.07. The standard InChI is InChI=1S/C6H12O2.C4H10O/c1-2-3-4-5-6(7)8;1-2-3-4-5/h2-5H2,1H3,(H,7,8);5H,2-4H2,1H3. The van der Waals surface area contributed by atoms with Crippen molar-refractivity contribution in [2.45, 2.75) is 52.4 Å². The number of unbranched alkanes of at least 4 members (excludes halogenated alkanes) is 3. The first kappa shape index (κ1) is 14.9. The highest BCUT2D eigenvalue weighted by molar-refractivity contribution is 5.66. The second-order valence-electron chi connectivity index (χ2n) is 2.93. The van der Waals surface area contributed by atoms with Crippen molar-refractivity contribution in [2.24, 2.45) is 0 Å². The SMILES string of the molecule is CCCCCC(=O)O.CCCCO. The molecule has 0 fully saturated rings. The predicted octanol–water partition coefficient (Wildman–Crippen LogP) is 2.43. The van der Waals surface area contributed by atoms with Crippen LogP contribution in [-0.2, 0) is 4.79 Å². The third kappa shape index (κ3) is 24.6. The van der Waals surface area contributed by atoms with Crippen molar-refractivity contribution in [3.05, 3.63) is 0 Å². The Labute approximate surface area is 80.8 Å². The summed E-state index contributed by atoms with van der Waals surface area (Å²) in [5, 5.41) is 16.2. The van der Waals surface area contributed by atoms with Crippen molar-refractivity contribution in [1.29, 1.82) is 0 Å². The van der Waals surface area contributed by atoms with Gasteiger partial charge in [0.2, 0.25) is 0 Å².